The minimum Gasteiger partial charge on any atom is -0.454 e. The topological polar surface area (TPSA) is 50.8 Å². The van der Waals surface area contributed by atoms with E-state index in [0.29, 0.717) is 23.7 Å². The van der Waals surface area contributed by atoms with E-state index in [-0.39, 0.29) is 18.9 Å². The zero-order valence-electron chi connectivity index (χ0n) is 16.2. The van der Waals surface area contributed by atoms with E-state index in [1.807, 2.05) is 23.1 Å². The molecular formula is C24H22N2O3. The molecule has 29 heavy (non-hydrogen) atoms. The maximum atomic E-state index is 13.3. The molecular weight excluding hydrogens is 364 g/mol. The summed E-state index contributed by atoms with van der Waals surface area (Å²) in [6.07, 6.45) is 0.840. The molecule has 0 aliphatic carbocycles. The number of rotatable bonds is 2. The Kier molecular flexibility index (Phi) is 4.35. The molecule has 0 fully saturated rings. The number of anilines is 1. The summed E-state index contributed by atoms with van der Waals surface area (Å²) in [5.41, 5.74) is 5.49. The highest BCUT2D eigenvalue weighted by molar-refractivity contribution is 5.90. The van der Waals surface area contributed by atoms with Crippen molar-refractivity contribution >= 4 is 11.7 Å². The SMILES string of the molecule is Cc1ccc([C@@H]2c3ccccc3CCN2C(=O)Nc2ccc3c(c2)OCO3)cc1. The number of carbonyl (C=O) groups excluding carboxylic acids is 1. The maximum absolute atomic E-state index is 13.3. The first-order valence-corrected chi connectivity index (χ1v) is 9.81. The highest BCUT2D eigenvalue weighted by Crippen LogP contribution is 2.37. The van der Waals surface area contributed by atoms with Gasteiger partial charge >= 0.3 is 6.03 Å². The van der Waals surface area contributed by atoms with Crippen LogP contribution in [0.1, 0.15) is 28.3 Å². The number of ether oxygens (including phenoxy) is 2. The standard InChI is InChI=1S/C24H22N2O3/c1-16-6-8-18(9-7-16)23-20-5-3-2-4-17(20)12-13-26(23)24(27)25-19-10-11-21-22(14-19)29-15-28-21/h2-11,14,23H,12-13,15H2,1H3,(H,25,27)/t23-/m1/s1. The Labute approximate surface area is 169 Å². The van der Waals surface area contributed by atoms with E-state index in [4.69, 9.17) is 9.47 Å². The fourth-order valence-corrected chi connectivity index (χ4v) is 4.06. The van der Waals surface area contributed by atoms with E-state index < -0.39 is 0 Å². The summed E-state index contributed by atoms with van der Waals surface area (Å²) >= 11 is 0. The molecule has 5 heteroatoms. The van der Waals surface area contributed by atoms with Gasteiger partial charge in [-0.05, 0) is 42.2 Å². The van der Waals surface area contributed by atoms with E-state index >= 15 is 0 Å². The van der Waals surface area contributed by atoms with Gasteiger partial charge in [-0.2, -0.15) is 0 Å². The molecule has 0 bridgehead atoms. The van der Waals surface area contributed by atoms with Gasteiger partial charge in [0.05, 0.1) is 6.04 Å². The number of hydrogen-bond donors (Lipinski definition) is 1. The lowest BCUT2D eigenvalue weighted by molar-refractivity contribution is 0.174. The fourth-order valence-electron chi connectivity index (χ4n) is 4.06. The zero-order valence-corrected chi connectivity index (χ0v) is 16.2. The van der Waals surface area contributed by atoms with E-state index in [1.54, 1.807) is 6.07 Å². The van der Waals surface area contributed by atoms with E-state index in [0.717, 1.165) is 12.0 Å². The van der Waals surface area contributed by atoms with Crippen molar-refractivity contribution < 1.29 is 14.3 Å². The van der Waals surface area contributed by atoms with Gasteiger partial charge in [0.1, 0.15) is 0 Å². The van der Waals surface area contributed by atoms with Crippen LogP contribution < -0.4 is 14.8 Å². The van der Waals surface area contributed by atoms with E-state index in [1.165, 1.54) is 16.7 Å². The molecule has 2 heterocycles. The summed E-state index contributed by atoms with van der Waals surface area (Å²) in [7, 11) is 0. The van der Waals surface area contributed by atoms with Gasteiger partial charge < -0.3 is 19.7 Å². The molecule has 2 aliphatic rings. The molecule has 0 spiro atoms. The van der Waals surface area contributed by atoms with Crippen molar-refractivity contribution in [2.45, 2.75) is 19.4 Å². The first-order chi connectivity index (χ1) is 14.2. The van der Waals surface area contributed by atoms with Crippen LogP contribution >= 0.6 is 0 Å². The van der Waals surface area contributed by atoms with Crippen molar-refractivity contribution in [2.75, 3.05) is 18.7 Å². The predicted molar refractivity (Wildman–Crippen MR) is 111 cm³/mol. The number of fused-ring (bicyclic) bond motifs is 2. The van der Waals surface area contributed by atoms with Gasteiger partial charge in [-0.15, -0.1) is 0 Å². The van der Waals surface area contributed by atoms with Gasteiger partial charge in [0.2, 0.25) is 6.79 Å². The van der Waals surface area contributed by atoms with Crippen molar-refractivity contribution in [3.63, 3.8) is 0 Å². The third-order valence-electron chi connectivity index (χ3n) is 5.56. The van der Waals surface area contributed by atoms with Crippen LogP contribution in [0.3, 0.4) is 0 Å². The number of nitrogens with zero attached hydrogens (tertiary/aromatic N) is 1. The van der Waals surface area contributed by atoms with Crippen LogP contribution in [0.15, 0.2) is 66.7 Å². The van der Waals surface area contributed by atoms with Crippen molar-refractivity contribution in [2.24, 2.45) is 0 Å². The summed E-state index contributed by atoms with van der Waals surface area (Å²) in [5, 5.41) is 3.03. The van der Waals surface area contributed by atoms with E-state index in [9.17, 15) is 4.79 Å². The molecule has 1 N–H and O–H groups in total. The monoisotopic (exact) mass is 386 g/mol. The maximum Gasteiger partial charge on any atom is 0.322 e. The van der Waals surface area contributed by atoms with E-state index in [2.05, 4.69) is 54.7 Å². The van der Waals surface area contributed by atoms with Crippen LogP contribution in [0, 0.1) is 6.92 Å². The molecule has 146 valence electrons. The molecule has 2 aliphatic heterocycles. The quantitative estimate of drug-likeness (QED) is 0.681. The Balaban J connectivity index is 1.47. The highest BCUT2D eigenvalue weighted by Gasteiger charge is 2.32. The smallest absolute Gasteiger partial charge is 0.322 e. The lowest BCUT2D eigenvalue weighted by atomic mass is 9.88. The average Bonchev–Trinajstić information content (AvgIpc) is 3.21. The molecule has 3 aromatic carbocycles. The molecule has 3 aromatic rings. The summed E-state index contributed by atoms with van der Waals surface area (Å²) < 4.78 is 10.8. The number of aryl methyl sites for hydroxylation is 1. The minimum absolute atomic E-state index is 0.116. The van der Waals surface area contributed by atoms with Gasteiger partial charge in [0.15, 0.2) is 11.5 Å². The molecule has 5 rings (SSSR count). The van der Waals surface area contributed by atoms with Gasteiger partial charge in [0.25, 0.3) is 0 Å². The Morgan fingerprint density at radius 2 is 1.79 bits per heavy atom. The number of carbonyl (C=O) groups is 1. The van der Waals surface area contributed by atoms with Gasteiger partial charge in [-0.25, -0.2) is 4.79 Å². The zero-order chi connectivity index (χ0) is 19.8. The van der Waals surface area contributed by atoms with Crippen LogP contribution in [0.4, 0.5) is 10.5 Å². The summed E-state index contributed by atoms with van der Waals surface area (Å²) in [4.78, 5) is 15.2. The molecule has 5 nitrogen and oxygen atoms in total. The van der Waals surface area contributed by atoms with Crippen molar-refractivity contribution in [3.05, 3.63) is 89.0 Å². The van der Waals surface area contributed by atoms with Crippen LogP contribution in [0.5, 0.6) is 11.5 Å². The predicted octanol–water partition coefficient (Wildman–Crippen LogP) is 4.90. The summed E-state index contributed by atoms with van der Waals surface area (Å²) in [6, 6.07) is 22.0. The van der Waals surface area contributed by atoms with Crippen LogP contribution in [-0.2, 0) is 6.42 Å². The lowest BCUT2D eigenvalue weighted by Gasteiger charge is -2.37. The first-order valence-electron chi connectivity index (χ1n) is 9.81. The highest BCUT2D eigenvalue weighted by atomic mass is 16.7. The molecule has 0 unspecified atom stereocenters. The third-order valence-corrected chi connectivity index (χ3v) is 5.56. The minimum atomic E-state index is -0.121. The number of nitrogens with one attached hydrogen (secondary N) is 1. The largest absolute Gasteiger partial charge is 0.454 e. The molecule has 0 saturated heterocycles. The Morgan fingerprint density at radius 1 is 1.00 bits per heavy atom. The molecule has 0 saturated carbocycles. The second-order valence-electron chi connectivity index (χ2n) is 7.45. The number of amides is 2. The van der Waals surface area contributed by atoms with Crippen molar-refractivity contribution in [1.82, 2.24) is 4.90 Å². The van der Waals surface area contributed by atoms with Crippen LogP contribution in [0.25, 0.3) is 0 Å². The first kappa shape index (κ1) is 17.6. The number of hydrogen-bond acceptors (Lipinski definition) is 3. The Hall–Kier alpha value is -3.47. The third kappa shape index (κ3) is 3.29. The number of urea groups is 1. The molecule has 0 radical (unpaired) electrons. The normalized spacial score (nSPS) is 17.0. The molecule has 1 atom stereocenters. The molecule has 0 aromatic heterocycles. The lowest BCUT2D eigenvalue weighted by Crippen LogP contribution is -2.43. The van der Waals surface area contributed by atoms with Crippen molar-refractivity contribution in [3.8, 4) is 11.5 Å². The molecule has 2 amide bonds. The average molecular weight is 386 g/mol. The number of benzene rings is 3. The second-order valence-corrected chi connectivity index (χ2v) is 7.45. The summed E-state index contributed by atoms with van der Waals surface area (Å²) in [6.45, 7) is 2.94. The van der Waals surface area contributed by atoms with Crippen LogP contribution in [-0.4, -0.2) is 24.3 Å². The van der Waals surface area contributed by atoms with Crippen molar-refractivity contribution in [1.29, 1.82) is 0 Å². The van der Waals surface area contributed by atoms with Crippen LogP contribution in [0.2, 0.25) is 0 Å². The van der Waals surface area contributed by atoms with Gasteiger partial charge in [-0.3, -0.25) is 0 Å². The van der Waals surface area contributed by atoms with Gasteiger partial charge in [-0.1, -0.05) is 54.1 Å². The van der Waals surface area contributed by atoms with Gasteiger partial charge in [0, 0.05) is 18.3 Å². The Bertz CT molecular complexity index is 1060. The summed E-state index contributed by atoms with van der Waals surface area (Å²) in [5.74, 6) is 1.36. The fraction of sp³-hybridized carbons (Fsp3) is 0.208. The Morgan fingerprint density at radius 3 is 2.66 bits per heavy atom. The second kappa shape index (κ2) is 7.17.